The van der Waals surface area contributed by atoms with Gasteiger partial charge >= 0.3 is 0 Å². The molecule has 0 aromatic heterocycles. The molecule has 2 unspecified atom stereocenters. The van der Waals surface area contributed by atoms with Crippen LogP contribution in [-0.4, -0.2) is 29.7 Å². The average Bonchev–Trinajstić information content (AvgIpc) is 1.99. The van der Waals surface area contributed by atoms with Gasteiger partial charge in [-0.25, -0.2) is 0 Å². The molecule has 2 rings (SSSR count). The molecule has 1 aliphatic heterocycles. The van der Waals surface area contributed by atoms with Gasteiger partial charge in [0.25, 0.3) is 0 Å². The van der Waals surface area contributed by atoms with E-state index < -0.39 is 10.2 Å². The van der Waals surface area contributed by atoms with Crippen molar-refractivity contribution in [3.05, 3.63) is 0 Å². The van der Waals surface area contributed by atoms with Crippen molar-refractivity contribution in [1.29, 1.82) is 0 Å². The van der Waals surface area contributed by atoms with E-state index in [2.05, 4.69) is 11.9 Å². The first-order chi connectivity index (χ1) is 6.84. The van der Waals surface area contributed by atoms with Crippen LogP contribution in [0.5, 0.6) is 0 Å². The van der Waals surface area contributed by atoms with Crippen LogP contribution in [0.4, 0.5) is 0 Å². The van der Waals surface area contributed by atoms with Crippen LogP contribution in [0.25, 0.3) is 0 Å². The lowest BCUT2D eigenvalue weighted by Crippen LogP contribution is -2.58. The van der Waals surface area contributed by atoms with Crippen LogP contribution in [0, 0.1) is 22.1 Å². The number of likely N-dealkylation sites (tertiary alicyclic amines) is 1. The second kappa shape index (κ2) is 5.43. The van der Waals surface area contributed by atoms with Crippen LogP contribution in [0.15, 0.2) is 0 Å². The van der Waals surface area contributed by atoms with Crippen LogP contribution in [0.3, 0.4) is 0 Å². The van der Waals surface area contributed by atoms with Gasteiger partial charge in [0.2, 0.25) is 0 Å². The monoisotopic (exact) mass is 239 g/mol. The van der Waals surface area contributed by atoms with Gasteiger partial charge in [-0.05, 0) is 38.1 Å². The maximum Gasteiger partial charge on any atom is 0.0777 e. The maximum absolute atomic E-state index is 8.60. The Hall–Kier alpha value is 0.0900. The summed E-state index contributed by atoms with van der Waals surface area (Å²) in [5.41, 5.74) is 0. The molecule has 2 bridgehead atoms. The Morgan fingerprint density at radius 2 is 1.53 bits per heavy atom. The van der Waals surface area contributed by atoms with Crippen LogP contribution in [0.2, 0.25) is 0 Å². The highest BCUT2D eigenvalue weighted by atomic mass is 35.7. The lowest BCUT2D eigenvalue weighted by atomic mass is 9.78. The maximum atomic E-state index is 8.60. The number of rotatable bonds is 0. The summed E-state index contributed by atoms with van der Waals surface area (Å²) >= 11 is 0. The quantitative estimate of drug-likeness (QED) is 0.509. The molecule has 0 aromatic carbocycles. The molecule has 1 aliphatic carbocycles. The number of halogens is 1. The third-order valence-corrected chi connectivity index (χ3v) is 3.03. The smallest absolute Gasteiger partial charge is 0.0777 e. The third-order valence-electron chi connectivity index (χ3n) is 3.03. The molecule has 1 N–H and O–H groups in total. The van der Waals surface area contributed by atoms with Gasteiger partial charge in [0.05, 0.1) is 14.9 Å². The van der Waals surface area contributed by atoms with Crippen LogP contribution in [0.1, 0.15) is 25.7 Å². The molecular formula is C9H18ClNO4. The highest BCUT2D eigenvalue weighted by Crippen LogP contribution is 2.33. The van der Waals surface area contributed by atoms with Crippen LogP contribution in [-0.2, 0) is 0 Å². The molecule has 0 radical (unpaired) electrons. The molecule has 1 saturated carbocycles. The lowest BCUT2D eigenvalue weighted by molar-refractivity contribution is -1.92. The van der Waals surface area contributed by atoms with E-state index in [0.717, 1.165) is 11.8 Å². The zero-order valence-electron chi connectivity index (χ0n) is 8.89. The minimum absolute atomic E-state index is 1.05. The molecule has 0 spiro atoms. The van der Waals surface area contributed by atoms with Crippen molar-refractivity contribution in [1.82, 2.24) is 4.90 Å². The molecule has 0 aromatic rings. The zero-order chi connectivity index (χ0) is 11.5. The van der Waals surface area contributed by atoms with Gasteiger partial charge in [-0.15, -0.1) is 0 Å². The second-order valence-corrected chi connectivity index (χ2v) is 5.31. The van der Waals surface area contributed by atoms with E-state index in [9.17, 15) is 0 Å². The normalized spacial score (nSPS) is 31.8. The first kappa shape index (κ1) is 13.2. The van der Waals surface area contributed by atoms with E-state index >= 15 is 0 Å². The van der Waals surface area contributed by atoms with E-state index in [1.54, 1.807) is 0 Å². The van der Waals surface area contributed by atoms with Gasteiger partial charge < -0.3 is 4.90 Å². The number of nitrogens with zero attached hydrogens (tertiary/aromatic N) is 1. The number of hydrogen-bond acceptors (Lipinski definition) is 5. The van der Waals surface area contributed by atoms with Crippen molar-refractivity contribution in [2.45, 2.75) is 25.7 Å². The zero-order valence-corrected chi connectivity index (χ0v) is 9.65. The van der Waals surface area contributed by atoms with Crippen molar-refractivity contribution in [3.63, 3.8) is 0 Å². The Morgan fingerprint density at radius 1 is 1.13 bits per heavy atom. The first-order valence-corrected chi connectivity index (χ1v) is 6.42. The van der Waals surface area contributed by atoms with Gasteiger partial charge in [-0.2, -0.15) is 14.0 Å². The topological polar surface area (TPSA) is 92.7 Å². The van der Waals surface area contributed by atoms with Crippen molar-refractivity contribution in [2.24, 2.45) is 11.8 Å². The van der Waals surface area contributed by atoms with Gasteiger partial charge in [-0.3, -0.25) is 0 Å². The van der Waals surface area contributed by atoms with Gasteiger partial charge in [-0.1, -0.05) is 6.42 Å². The summed E-state index contributed by atoms with van der Waals surface area (Å²) in [5, 5.41) is 0. The predicted molar refractivity (Wildman–Crippen MR) is 45.2 cm³/mol. The minimum Gasteiger partial charge on any atom is -0.306 e. The number of fused-ring (bicyclic) bond motifs is 2. The van der Waals surface area contributed by atoms with Crippen molar-refractivity contribution in [3.8, 4) is 0 Å². The largest absolute Gasteiger partial charge is 0.306 e. The highest BCUT2D eigenvalue weighted by Gasteiger charge is 2.28. The minimum atomic E-state index is -4.69. The molecule has 6 heteroatoms. The Morgan fingerprint density at radius 3 is 1.93 bits per heavy atom. The van der Waals surface area contributed by atoms with E-state index in [4.69, 9.17) is 18.6 Å². The summed E-state index contributed by atoms with van der Waals surface area (Å²) in [7, 11) is -2.43. The fourth-order valence-corrected chi connectivity index (χ4v) is 2.69. The second-order valence-electron chi connectivity index (χ2n) is 4.52. The number of piperidine rings is 1. The lowest BCUT2D eigenvalue weighted by Gasteiger charge is -2.39. The summed E-state index contributed by atoms with van der Waals surface area (Å²) in [5.74, 6) is 2.11. The average molecular weight is 240 g/mol. The highest BCUT2D eigenvalue weighted by molar-refractivity contribution is 4.81. The summed E-state index contributed by atoms with van der Waals surface area (Å²) in [6.45, 7) is 2.74. The molecule has 2 aliphatic rings. The fourth-order valence-electron chi connectivity index (χ4n) is 2.69. The van der Waals surface area contributed by atoms with E-state index in [1.807, 2.05) is 0 Å². The molecule has 1 heterocycles. The molecule has 90 valence electrons. The number of hydrogen-bond donors (Lipinski definition) is 1. The third kappa shape index (κ3) is 6.29. The Balaban J connectivity index is 0.000000195. The summed E-state index contributed by atoms with van der Waals surface area (Å²) in [4.78, 5) is 2.51. The predicted octanol–water partition coefficient (Wildman–Crippen LogP) is -2.39. The molecule has 15 heavy (non-hydrogen) atoms. The Bertz CT molecular complexity index is 175. The van der Waals surface area contributed by atoms with Gasteiger partial charge in [0, 0.05) is 13.1 Å². The molecule has 5 nitrogen and oxygen atoms in total. The van der Waals surface area contributed by atoms with Gasteiger partial charge in [0.1, 0.15) is 0 Å². The standard InChI is InChI=1S/C9H17N.ClHO4/c1-10-6-8-3-2-4-9(5-8)7-10;2-1(3,4)5/h8-9H,2-7H2,1H3;(H,2,3,4,5). The van der Waals surface area contributed by atoms with E-state index in [-0.39, 0.29) is 0 Å². The van der Waals surface area contributed by atoms with E-state index in [1.165, 1.54) is 38.8 Å². The summed E-state index contributed by atoms with van der Waals surface area (Å²) < 4.78 is 32.7. The van der Waals surface area contributed by atoms with Crippen molar-refractivity contribution < 1.29 is 28.9 Å². The van der Waals surface area contributed by atoms with Crippen molar-refractivity contribution >= 4 is 0 Å². The Kier molecular flexibility index (Phi) is 4.76. The van der Waals surface area contributed by atoms with Crippen LogP contribution < -0.4 is 14.0 Å². The summed E-state index contributed by atoms with van der Waals surface area (Å²) in [6, 6.07) is 0. The molecule has 2 atom stereocenters. The Labute approximate surface area is 92.1 Å². The molecule has 1 saturated heterocycles. The van der Waals surface area contributed by atoms with Gasteiger partial charge in [0.15, 0.2) is 0 Å². The molecular weight excluding hydrogens is 222 g/mol. The first-order valence-electron chi connectivity index (χ1n) is 5.16. The SMILES string of the molecule is CN1CC2CCCC(C2)C1.[O-][Cl+3]([O-])([O-])O. The molecule has 0 amide bonds. The van der Waals surface area contributed by atoms with Crippen molar-refractivity contribution in [2.75, 3.05) is 20.1 Å². The van der Waals surface area contributed by atoms with E-state index in [0.29, 0.717) is 0 Å². The fraction of sp³-hybridized carbons (Fsp3) is 1.00. The van der Waals surface area contributed by atoms with Crippen LogP contribution >= 0.6 is 0 Å². The molecule has 2 fully saturated rings. The summed E-state index contributed by atoms with van der Waals surface area (Å²) in [6.07, 6.45) is 6.04.